The lowest BCUT2D eigenvalue weighted by molar-refractivity contribution is 0.0695. The van der Waals surface area contributed by atoms with E-state index in [1.54, 1.807) is 24.3 Å². The lowest BCUT2D eigenvalue weighted by Crippen LogP contribution is -2.03. The van der Waals surface area contributed by atoms with Crippen molar-refractivity contribution in [2.45, 2.75) is 6.61 Å². The van der Waals surface area contributed by atoms with Gasteiger partial charge in [0, 0.05) is 5.02 Å². The molecule has 0 fully saturated rings. The number of carbonyl (C=O) groups is 1. The van der Waals surface area contributed by atoms with E-state index in [1.165, 1.54) is 12.1 Å². The minimum atomic E-state index is -1.21. The van der Waals surface area contributed by atoms with Gasteiger partial charge in [0.2, 0.25) is 0 Å². The zero-order chi connectivity index (χ0) is 14.7. The second-order valence-electron chi connectivity index (χ2n) is 3.96. The van der Waals surface area contributed by atoms with Gasteiger partial charge in [0.25, 0.3) is 0 Å². The zero-order valence-corrected chi connectivity index (χ0v) is 12.4. The van der Waals surface area contributed by atoms with Crippen LogP contribution in [0.15, 0.2) is 40.9 Å². The highest BCUT2D eigenvalue weighted by atomic mass is 79.9. The Morgan fingerprint density at radius 1 is 1.25 bits per heavy atom. The third kappa shape index (κ3) is 3.29. The van der Waals surface area contributed by atoms with Gasteiger partial charge in [-0.05, 0) is 45.8 Å². The van der Waals surface area contributed by atoms with Crippen molar-refractivity contribution in [1.82, 2.24) is 0 Å². The molecule has 0 aliphatic rings. The molecule has 2 aromatic rings. The first-order chi connectivity index (χ1) is 9.49. The largest absolute Gasteiger partial charge is 0.486 e. The first-order valence-corrected chi connectivity index (χ1v) is 6.74. The Balaban J connectivity index is 2.16. The van der Waals surface area contributed by atoms with Gasteiger partial charge in [-0.25, -0.2) is 9.18 Å². The summed E-state index contributed by atoms with van der Waals surface area (Å²) in [7, 11) is 0. The highest BCUT2D eigenvalue weighted by Crippen LogP contribution is 2.29. The summed E-state index contributed by atoms with van der Waals surface area (Å²) < 4.78 is 19.1. The molecule has 0 radical (unpaired) electrons. The van der Waals surface area contributed by atoms with Gasteiger partial charge in [-0.3, -0.25) is 0 Å². The summed E-state index contributed by atoms with van der Waals surface area (Å²) in [4.78, 5) is 10.8. The fourth-order valence-corrected chi connectivity index (χ4v) is 2.17. The Labute approximate surface area is 128 Å². The average Bonchev–Trinajstić information content (AvgIpc) is 2.42. The first-order valence-electron chi connectivity index (χ1n) is 5.57. The summed E-state index contributed by atoms with van der Waals surface area (Å²) in [5.74, 6) is -1.96. The van der Waals surface area contributed by atoms with Gasteiger partial charge < -0.3 is 9.84 Å². The molecule has 1 N–H and O–H groups in total. The zero-order valence-electron chi connectivity index (χ0n) is 10.1. The molecule has 0 aromatic heterocycles. The topological polar surface area (TPSA) is 46.5 Å². The van der Waals surface area contributed by atoms with Gasteiger partial charge >= 0.3 is 5.97 Å². The molecular formula is C14H9BrClFO3. The normalized spacial score (nSPS) is 10.3. The number of hydrogen-bond acceptors (Lipinski definition) is 2. The summed E-state index contributed by atoms with van der Waals surface area (Å²) in [6.07, 6.45) is 0. The molecule has 0 bridgehead atoms. The van der Waals surface area contributed by atoms with Crippen molar-refractivity contribution in [3.63, 3.8) is 0 Å². The molecular weight excluding hydrogens is 351 g/mol. The maximum Gasteiger partial charge on any atom is 0.336 e. The summed E-state index contributed by atoms with van der Waals surface area (Å²) in [5, 5.41) is 9.47. The Bertz CT molecular complexity index is 644. The molecule has 0 aliphatic heterocycles. The van der Waals surface area contributed by atoms with E-state index in [0.29, 0.717) is 5.02 Å². The van der Waals surface area contributed by atoms with E-state index in [0.717, 1.165) is 5.56 Å². The minimum absolute atomic E-state index is 0.0168. The maximum atomic E-state index is 13.9. The quantitative estimate of drug-likeness (QED) is 0.873. The molecule has 104 valence electrons. The number of carboxylic acid groups (broad SMARTS) is 1. The Kier molecular flexibility index (Phi) is 4.62. The number of carboxylic acids is 1. The molecule has 0 saturated carbocycles. The molecule has 0 saturated heterocycles. The first kappa shape index (κ1) is 14.8. The highest BCUT2D eigenvalue weighted by molar-refractivity contribution is 9.10. The van der Waals surface area contributed by atoms with Crippen LogP contribution in [0.1, 0.15) is 15.9 Å². The van der Waals surface area contributed by atoms with Crippen LogP contribution in [-0.4, -0.2) is 11.1 Å². The number of aromatic carboxylic acids is 1. The number of benzene rings is 2. The number of halogens is 3. The SMILES string of the molecule is O=C(O)c1ccc(OCc2ccc(Cl)cc2)c(F)c1Br. The second-order valence-corrected chi connectivity index (χ2v) is 5.19. The average molecular weight is 360 g/mol. The van der Waals surface area contributed by atoms with E-state index in [-0.39, 0.29) is 22.4 Å². The van der Waals surface area contributed by atoms with E-state index in [2.05, 4.69) is 15.9 Å². The van der Waals surface area contributed by atoms with Crippen molar-refractivity contribution >= 4 is 33.5 Å². The third-order valence-corrected chi connectivity index (χ3v) is 3.61. The Morgan fingerprint density at radius 3 is 2.50 bits per heavy atom. The Hall–Kier alpha value is -1.59. The van der Waals surface area contributed by atoms with Crippen molar-refractivity contribution < 1.29 is 19.0 Å². The van der Waals surface area contributed by atoms with Crippen molar-refractivity contribution in [3.05, 3.63) is 62.8 Å². The molecule has 0 heterocycles. The van der Waals surface area contributed by atoms with Crippen LogP contribution < -0.4 is 4.74 Å². The number of hydrogen-bond donors (Lipinski definition) is 1. The van der Waals surface area contributed by atoms with E-state index in [4.69, 9.17) is 21.4 Å². The Morgan fingerprint density at radius 2 is 1.90 bits per heavy atom. The molecule has 0 atom stereocenters. The van der Waals surface area contributed by atoms with Crippen LogP contribution in [0.3, 0.4) is 0 Å². The van der Waals surface area contributed by atoms with E-state index < -0.39 is 11.8 Å². The maximum absolute atomic E-state index is 13.9. The van der Waals surface area contributed by atoms with E-state index >= 15 is 0 Å². The molecule has 0 unspecified atom stereocenters. The lowest BCUT2D eigenvalue weighted by Gasteiger charge is -2.09. The summed E-state index contributed by atoms with van der Waals surface area (Å²) >= 11 is 8.67. The predicted octanol–water partition coefficient (Wildman–Crippen LogP) is 4.52. The molecule has 0 amide bonds. The van der Waals surface area contributed by atoms with Crippen LogP contribution in [0.2, 0.25) is 5.02 Å². The van der Waals surface area contributed by atoms with Crippen LogP contribution in [0.4, 0.5) is 4.39 Å². The van der Waals surface area contributed by atoms with Crippen molar-refractivity contribution in [3.8, 4) is 5.75 Å². The van der Waals surface area contributed by atoms with E-state index in [1.807, 2.05) is 0 Å². The summed E-state index contributed by atoms with van der Waals surface area (Å²) in [6, 6.07) is 9.52. The van der Waals surface area contributed by atoms with Crippen LogP contribution in [0.25, 0.3) is 0 Å². The molecule has 3 nitrogen and oxygen atoms in total. The number of rotatable bonds is 4. The van der Waals surface area contributed by atoms with Gasteiger partial charge in [-0.2, -0.15) is 0 Å². The smallest absolute Gasteiger partial charge is 0.336 e. The van der Waals surface area contributed by atoms with Gasteiger partial charge in [0.15, 0.2) is 11.6 Å². The van der Waals surface area contributed by atoms with E-state index in [9.17, 15) is 9.18 Å². The van der Waals surface area contributed by atoms with Gasteiger partial charge in [0.05, 0.1) is 10.0 Å². The van der Waals surface area contributed by atoms with Crippen molar-refractivity contribution in [2.75, 3.05) is 0 Å². The molecule has 2 rings (SSSR count). The second kappa shape index (κ2) is 6.24. The number of ether oxygens (including phenoxy) is 1. The van der Waals surface area contributed by atoms with Crippen molar-refractivity contribution in [2.24, 2.45) is 0 Å². The standard InChI is InChI=1S/C14H9BrClFO3/c15-12-10(14(18)19)5-6-11(13(12)17)20-7-8-1-3-9(16)4-2-8/h1-6H,7H2,(H,18,19). The third-order valence-electron chi connectivity index (χ3n) is 2.58. The fourth-order valence-electron chi connectivity index (χ4n) is 1.55. The van der Waals surface area contributed by atoms with Gasteiger partial charge in [0.1, 0.15) is 6.61 Å². The molecule has 0 spiro atoms. The van der Waals surface area contributed by atoms with Gasteiger partial charge in [-0.15, -0.1) is 0 Å². The summed E-state index contributed by atoms with van der Waals surface area (Å²) in [6.45, 7) is 0.160. The molecule has 2 aromatic carbocycles. The van der Waals surface area contributed by atoms with Crippen LogP contribution in [0.5, 0.6) is 5.75 Å². The highest BCUT2D eigenvalue weighted by Gasteiger charge is 2.16. The van der Waals surface area contributed by atoms with Crippen LogP contribution in [-0.2, 0) is 6.61 Å². The predicted molar refractivity (Wildman–Crippen MR) is 76.8 cm³/mol. The molecule has 6 heteroatoms. The molecule has 20 heavy (non-hydrogen) atoms. The summed E-state index contributed by atoms with van der Waals surface area (Å²) in [5.41, 5.74) is 0.675. The fraction of sp³-hybridized carbons (Fsp3) is 0.0714. The van der Waals surface area contributed by atoms with Crippen molar-refractivity contribution in [1.29, 1.82) is 0 Å². The minimum Gasteiger partial charge on any atom is -0.486 e. The monoisotopic (exact) mass is 358 g/mol. The van der Waals surface area contributed by atoms with Crippen LogP contribution in [0, 0.1) is 5.82 Å². The van der Waals surface area contributed by atoms with Gasteiger partial charge in [-0.1, -0.05) is 23.7 Å². The lowest BCUT2D eigenvalue weighted by atomic mass is 10.2. The molecule has 0 aliphatic carbocycles. The van der Waals surface area contributed by atoms with Crippen LogP contribution >= 0.6 is 27.5 Å².